The first kappa shape index (κ1) is 30.0. The van der Waals surface area contributed by atoms with Gasteiger partial charge in [-0.15, -0.1) is 0 Å². The van der Waals surface area contributed by atoms with Crippen LogP contribution in [0.1, 0.15) is 27.9 Å². The van der Waals surface area contributed by atoms with Crippen LogP contribution in [0.3, 0.4) is 0 Å². The maximum Gasteiger partial charge on any atom is 0.248 e. The van der Waals surface area contributed by atoms with Gasteiger partial charge in [-0.2, -0.15) is 5.10 Å². The summed E-state index contributed by atoms with van der Waals surface area (Å²) in [7, 11) is 0. The Bertz CT molecular complexity index is 2300. The van der Waals surface area contributed by atoms with E-state index in [4.69, 9.17) is 10.8 Å². The summed E-state index contributed by atoms with van der Waals surface area (Å²) in [6.07, 6.45) is 15.5. The van der Waals surface area contributed by atoms with E-state index in [-0.39, 0.29) is 11.7 Å². The normalized spacial score (nSPS) is 14.3. The maximum atomic E-state index is 14.2. The molecule has 0 radical (unpaired) electrons. The van der Waals surface area contributed by atoms with Crippen molar-refractivity contribution in [1.82, 2.24) is 19.2 Å². The third-order valence-electron chi connectivity index (χ3n) is 9.42. The Morgan fingerprint density at radius 3 is 2.04 bits per heavy atom. The lowest BCUT2D eigenvalue weighted by atomic mass is 9.70. The van der Waals surface area contributed by atoms with Crippen molar-refractivity contribution in [2.75, 3.05) is 0 Å². The van der Waals surface area contributed by atoms with E-state index in [0.29, 0.717) is 5.56 Å². The van der Waals surface area contributed by atoms with Gasteiger partial charge in [0.05, 0.1) is 11.9 Å². The number of aromatic nitrogens is 4. The van der Waals surface area contributed by atoms with Crippen LogP contribution in [0, 0.1) is 11.7 Å². The number of pyridine rings is 1. The number of rotatable bonds is 8. The van der Waals surface area contributed by atoms with Crippen LogP contribution in [-0.4, -0.2) is 25.1 Å². The second kappa shape index (κ2) is 12.4. The molecule has 0 aliphatic heterocycles. The van der Waals surface area contributed by atoms with Crippen molar-refractivity contribution < 1.29 is 9.18 Å². The fourth-order valence-corrected chi connectivity index (χ4v) is 7.05. The predicted molar refractivity (Wildman–Crippen MR) is 191 cm³/mol. The first-order valence-electron chi connectivity index (χ1n) is 16.2. The molecule has 0 bridgehead atoms. The molecule has 1 aliphatic rings. The molecule has 3 heterocycles. The number of nitrogens with two attached hydrogens (primary N) is 1. The summed E-state index contributed by atoms with van der Waals surface area (Å²) in [5.74, 6) is -0.736. The summed E-state index contributed by atoms with van der Waals surface area (Å²) < 4.78 is 18.4. The highest BCUT2D eigenvalue weighted by atomic mass is 19.1. The molecular weight excluding hydrogens is 609 g/mol. The van der Waals surface area contributed by atoms with Gasteiger partial charge in [0.1, 0.15) is 22.7 Å². The summed E-state index contributed by atoms with van der Waals surface area (Å²) in [5.41, 5.74) is 13.3. The van der Waals surface area contributed by atoms with E-state index in [2.05, 4.69) is 94.9 Å². The van der Waals surface area contributed by atoms with Crippen LogP contribution in [-0.2, 0) is 5.54 Å². The van der Waals surface area contributed by atoms with Crippen LogP contribution in [0.4, 0.5) is 4.39 Å². The van der Waals surface area contributed by atoms with Gasteiger partial charge < -0.3 is 5.73 Å². The molecule has 8 rings (SSSR count). The number of carbonyl (C=O) groups is 1. The van der Waals surface area contributed by atoms with Crippen molar-refractivity contribution >= 4 is 11.6 Å². The second-order valence-corrected chi connectivity index (χ2v) is 12.2. The molecule has 7 aromatic rings. The number of halogens is 1. The van der Waals surface area contributed by atoms with Gasteiger partial charge in [-0.1, -0.05) is 97.1 Å². The van der Waals surface area contributed by atoms with Gasteiger partial charge in [-0.05, 0) is 66.1 Å². The van der Waals surface area contributed by atoms with Gasteiger partial charge >= 0.3 is 0 Å². The zero-order chi connectivity index (χ0) is 33.4. The van der Waals surface area contributed by atoms with Crippen molar-refractivity contribution in [3.8, 4) is 33.6 Å². The molecule has 1 aliphatic carbocycles. The first-order valence-corrected chi connectivity index (χ1v) is 16.2. The van der Waals surface area contributed by atoms with Crippen LogP contribution in [0.15, 0.2) is 164 Å². The molecule has 238 valence electrons. The Hall–Kier alpha value is -6.34. The molecule has 3 aromatic heterocycles. The Kier molecular flexibility index (Phi) is 7.57. The highest BCUT2D eigenvalue weighted by Crippen LogP contribution is 2.46. The molecule has 2 N–H and O–H groups in total. The van der Waals surface area contributed by atoms with Crippen LogP contribution in [0.5, 0.6) is 0 Å². The van der Waals surface area contributed by atoms with E-state index in [1.807, 2.05) is 47.0 Å². The highest BCUT2D eigenvalue weighted by molar-refractivity contribution is 5.93. The molecule has 0 saturated heterocycles. The fraction of sp³-hybridized carbons (Fsp3) is 0.0714. The van der Waals surface area contributed by atoms with Gasteiger partial charge in [0.2, 0.25) is 5.91 Å². The molecule has 0 saturated carbocycles. The number of hydrogen-bond acceptors (Lipinski definition) is 3. The molecular formula is C42H32FN5O. The van der Waals surface area contributed by atoms with Crippen LogP contribution in [0.2, 0.25) is 0 Å². The molecule has 0 spiro atoms. The minimum Gasteiger partial charge on any atom is -0.366 e. The summed E-state index contributed by atoms with van der Waals surface area (Å²) in [6.45, 7) is 0. The van der Waals surface area contributed by atoms with Crippen LogP contribution < -0.4 is 5.73 Å². The zero-order valence-corrected chi connectivity index (χ0v) is 26.5. The SMILES string of the molecule is NC(=O)c1ccc(-c2cnc3ccc(-c4cn(C(c5ccccc5)(c5ccccc5)C5C=CC=CC5)nc4-c4ccc(F)cc4)cn23)cc1. The van der Waals surface area contributed by atoms with Gasteiger partial charge in [-0.25, -0.2) is 9.37 Å². The molecule has 0 fully saturated rings. The van der Waals surface area contributed by atoms with Crippen molar-refractivity contribution in [3.63, 3.8) is 0 Å². The number of imidazole rings is 1. The van der Waals surface area contributed by atoms with E-state index in [9.17, 15) is 9.18 Å². The van der Waals surface area contributed by atoms with Gasteiger partial charge in [0.25, 0.3) is 0 Å². The zero-order valence-electron chi connectivity index (χ0n) is 26.5. The third kappa shape index (κ3) is 5.26. The lowest BCUT2D eigenvalue weighted by Gasteiger charge is -2.41. The Labute approximate surface area is 283 Å². The van der Waals surface area contributed by atoms with Gasteiger partial charge in [-0.3, -0.25) is 13.9 Å². The quantitative estimate of drug-likeness (QED) is 0.180. The molecule has 6 nitrogen and oxygen atoms in total. The van der Waals surface area contributed by atoms with E-state index in [1.54, 1.807) is 24.3 Å². The molecule has 1 atom stereocenters. The summed E-state index contributed by atoms with van der Waals surface area (Å²) in [6, 6.07) is 38.8. The van der Waals surface area contributed by atoms with Crippen molar-refractivity contribution in [2.45, 2.75) is 12.0 Å². The largest absolute Gasteiger partial charge is 0.366 e. The predicted octanol–water partition coefficient (Wildman–Crippen LogP) is 8.69. The minimum absolute atomic E-state index is 0.0437. The van der Waals surface area contributed by atoms with Crippen molar-refractivity contribution in [3.05, 3.63) is 187 Å². The van der Waals surface area contributed by atoms with E-state index < -0.39 is 11.4 Å². The lowest BCUT2D eigenvalue weighted by Crippen LogP contribution is -2.43. The summed E-state index contributed by atoms with van der Waals surface area (Å²) in [5, 5.41) is 5.43. The Morgan fingerprint density at radius 1 is 0.755 bits per heavy atom. The second-order valence-electron chi connectivity index (χ2n) is 12.2. The highest BCUT2D eigenvalue weighted by Gasteiger charge is 2.44. The van der Waals surface area contributed by atoms with Gasteiger partial charge in [0.15, 0.2) is 0 Å². The first-order chi connectivity index (χ1) is 24.0. The summed E-state index contributed by atoms with van der Waals surface area (Å²) in [4.78, 5) is 16.4. The average molecular weight is 642 g/mol. The van der Waals surface area contributed by atoms with E-state index in [1.165, 1.54) is 12.1 Å². The Morgan fingerprint density at radius 2 is 1.41 bits per heavy atom. The number of nitrogens with zero attached hydrogens (tertiary/aromatic N) is 4. The number of primary amides is 1. The standard InChI is InChI=1S/C42H32FN5O/c43-36-23-20-30(21-24-36)40-37(32-22-25-39-45-26-38(47(39)27-32)29-16-18-31(19-17-29)41(44)49)28-48(46-40)42(33-10-4-1-5-11-33,34-12-6-2-7-13-34)35-14-8-3-9-15-35/h1-14,16-28,35H,15H2,(H2,44,49). The number of allylic oxidation sites excluding steroid dienone is 4. The topological polar surface area (TPSA) is 78.2 Å². The summed E-state index contributed by atoms with van der Waals surface area (Å²) >= 11 is 0. The minimum atomic E-state index is -0.705. The lowest BCUT2D eigenvalue weighted by molar-refractivity contribution is 0.100. The fourth-order valence-electron chi connectivity index (χ4n) is 7.05. The number of benzene rings is 4. The monoisotopic (exact) mass is 641 g/mol. The number of fused-ring (bicyclic) bond motifs is 1. The number of amides is 1. The third-order valence-corrected chi connectivity index (χ3v) is 9.42. The van der Waals surface area contributed by atoms with E-state index >= 15 is 0 Å². The Balaban J connectivity index is 1.38. The van der Waals surface area contributed by atoms with E-state index in [0.717, 1.165) is 56.8 Å². The average Bonchev–Trinajstić information content (AvgIpc) is 3.79. The molecule has 1 amide bonds. The number of hydrogen-bond donors (Lipinski definition) is 1. The van der Waals surface area contributed by atoms with Crippen LogP contribution in [0.25, 0.3) is 39.3 Å². The number of carbonyl (C=O) groups excluding carboxylic acids is 1. The van der Waals surface area contributed by atoms with Gasteiger partial charge in [0, 0.05) is 46.1 Å². The van der Waals surface area contributed by atoms with Crippen molar-refractivity contribution in [2.24, 2.45) is 11.7 Å². The van der Waals surface area contributed by atoms with Crippen LogP contribution >= 0.6 is 0 Å². The molecule has 7 heteroatoms. The smallest absolute Gasteiger partial charge is 0.248 e. The molecule has 1 unspecified atom stereocenters. The van der Waals surface area contributed by atoms with Crippen molar-refractivity contribution in [1.29, 1.82) is 0 Å². The molecule has 4 aromatic carbocycles. The maximum absolute atomic E-state index is 14.2. The molecule has 49 heavy (non-hydrogen) atoms.